The lowest BCUT2D eigenvalue weighted by atomic mass is 10.0. The molecule has 260 valence electrons. The van der Waals surface area contributed by atoms with Gasteiger partial charge in [0.2, 0.25) is 0 Å². The van der Waals surface area contributed by atoms with E-state index in [1.807, 2.05) is 71.7 Å². The van der Waals surface area contributed by atoms with Gasteiger partial charge in [0.1, 0.15) is 33.7 Å². The number of carbonyl (C=O) groups is 2. The van der Waals surface area contributed by atoms with Gasteiger partial charge < -0.3 is 19.4 Å². The number of aromatic amines is 2. The first-order valence-electron chi connectivity index (χ1n) is 17.1. The monoisotopic (exact) mass is 686 g/mol. The molecule has 2 aliphatic heterocycles. The van der Waals surface area contributed by atoms with Gasteiger partial charge in [-0.15, -0.1) is 0 Å². The Labute approximate surface area is 293 Å². The van der Waals surface area contributed by atoms with E-state index < -0.39 is 11.2 Å². The number of imidazole rings is 2. The SMILES string of the molecule is C[C@H]1CC[C@@H](c2ncc(-c3ccc(-c4ccc(-c5nc([C@@H]6CC[C@H](C)N6C(=O)OC(C)(C)C)[nH]c5Cl)cc4)cc3)[nH]2)N1C(=O)OC(C)(C)C. The van der Waals surface area contributed by atoms with E-state index in [-0.39, 0.29) is 36.4 Å². The number of amides is 2. The number of aromatic nitrogens is 4. The van der Waals surface area contributed by atoms with Crippen LogP contribution in [-0.2, 0) is 9.47 Å². The number of rotatable bonds is 5. The summed E-state index contributed by atoms with van der Waals surface area (Å²) in [6.07, 6.45) is 4.55. The van der Waals surface area contributed by atoms with Gasteiger partial charge in [-0.1, -0.05) is 60.1 Å². The highest BCUT2D eigenvalue weighted by Gasteiger charge is 2.41. The van der Waals surface area contributed by atoms with Gasteiger partial charge in [0.25, 0.3) is 0 Å². The number of H-pyrrole nitrogens is 2. The van der Waals surface area contributed by atoms with E-state index >= 15 is 0 Å². The summed E-state index contributed by atoms with van der Waals surface area (Å²) >= 11 is 6.67. The molecule has 4 aromatic rings. The van der Waals surface area contributed by atoms with E-state index in [9.17, 15) is 9.59 Å². The number of hydrogen-bond donors (Lipinski definition) is 2. The Bertz CT molecular complexity index is 1800. The number of benzene rings is 2. The number of halogens is 1. The highest BCUT2D eigenvalue weighted by molar-refractivity contribution is 6.31. The van der Waals surface area contributed by atoms with Crippen LogP contribution in [0.4, 0.5) is 9.59 Å². The average molecular weight is 687 g/mol. The maximum absolute atomic E-state index is 13.0. The lowest BCUT2D eigenvalue weighted by molar-refractivity contribution is 0.0141. The third kappa shape index (κ3) is 7.49. The van der Waals surface area contributed by atoms with Crippen molar-refractivity contribution in [2.24, 2.45) is 0 Å². The second-order valence-electron chi connectivity index (χ2n) is 15.3. The van der Waals surface area contributed by atoms with Crippen molar-refractivity contribution in [1.82, 2.24) is 29.7 Å². The fourth-order valence-electron chi connectivity index (χ4n) is 6.78. The van der Waals surface area contributed by atoms with Gasteiger partial charge in [-0.25, -0.2) is 19.6 Å². The number of carbonyl (C=O) groups excluding carboxylic acids is 2. The number of ether oxygens (including phenoxy) is 2. The van der Waals surface area contributed by atoms with Crippen LogP contribution in [0.2, 0.25) is 5.15 Å². The summed E-state index contributed by atoms with van der Waals surface area (Å²) in [4.78, 5) is 45.8. The van der Waals surface area contributed by atoms with Gasteiger partial charge in [-0.2, -0.15) is 0 Å². The molecule has 0 saturated carbocycles. The molecule has 6 rings (SSSR count). The van der Waals surface area contributed by atoms with Crippen LogP contribution in [0, 0.1) is 0 Å². The Balaban J connectivity index is 1.15. The molecule has 2 aliphatic rings. The molecule has 49 heavy (non-hydrogen) atoms. The molecule has 11 heteroatoms. The molecule has 2 fully saturated rings. The Morgan fingerprint density at radius 1 is 0.694 bits per heavy atom. The van der Waals surface area contributed by atoms with Gasteiger partial charge >= 0.3 is 12.2 Å². The standard InChI is InChI=1S/C38H47ClN6O4/c1-22-9-19-29(44(22)35(46)48-37(3,4)5)33-40-21-28(41-33)26-15-11-24(12-16-26)25-13-17-27(18-14-25)31-32(39)43-34(42-31)30-20-10-23(2)45(30)36(47)49-38(6,7)8/h11-18,21-23,29-30H,9-10,19-20H2,1-8H3,(H,40,41)(H,42,43)/t22-,23-,29-,30-/m0/s1. The van der Waals surface area contributed by atoms with Crippen molar-refractivity contribution in [3.05, 3.63) is 71.5 Å². The molecule has 4 heterocycles. The first kappa shape index (κ1) is 34.5. The van der Waals surface area contributed by atoms with Crippen molar-refractivity contribution in [2.75, 3.05) is 0 Å². The Morgan fingerprint density at radius 3 is 1.63 bits per heavy atom. The summed E-state index contributed by atoms with van der Waals surface area (Å²) in [7, 11) is 0. The number of nitrogens with one attached hydrogen (secondary N) is 2. The van der Waals surface area contributed by atoms with Crippen LogP contribution in [0.5, 0.6) is 0 Å². The van der Waals surface area contributed by atoms with Crippen molar-refractivity contribution in [3.8, 4) is 33.6 Å². The van der Waals surface area contributed by atoms with E-state index in [1.54, 1.807) is 4.90 Å². The van der Waals surface area contributed by atoms with E-state index in [2.05, 4.69) is 58.3 Å². The quantitative estimate of drug-likeness (QED) is 0.216. The zero-order valence-electron chi connectivity index (χ0n) is 29.6. The molecule has 2 amide bonds. The fraction of sp³-hybridized carbons (Fsp3) is 0.474. The molecule has 0 unspecified atom stereocenters. The molecule has 2 saturated heterocycles. The lowest BCUT2D eigenvalue weighted by Crippen LogP contribution is -2.40. The molecule has 0 bridgehead atoms. The minimum Gasteiger partial charge on any atom is -0.444 e. The van der Waals surface area contributed by atoms with Crippen LogP contribution in [0.15, 0.2) is 54.7 Å². The third-order valence-electron chi connectivity index (χ3n) is 9.14. The summed E-state index contributed by atoms with van der Waals surface area (Å²) in [6.45, 7) is 15.4. The third-order valence-corrected chi connectivity index (χ3v) is 9.41. The largest absolute Gasteiger partial charge is 0.444 e. The van der Waals surface area contributed by atoms with Crippen LogP contribution in [-0.4, -0.2) is 65.2 Å². The van der Waals surface area contributed by atoms with Crippen molar-refractivity contribution in [2.45, 2.75) is 116 Å². The predicted molar refractivity (Wildman–Crippen MR) is 191 cm³/mol. The molecule has 10 nitrogen and oxygen atoms in total. The van der Waals surface area contributed by atoms with E-state index in [1.165, 1.54) is 0 Å². The van der Waals surface area contributed by atoms with Gasteiger partial charge in [0.15, 0.2) is 0 Å². The molecular formula is C38H47ClN6O4. The van der Waals surface area contributed by atoms with Gasteiger partial charge in [-0.3, -0.25) is 9.80 Å². The Hall–Kier alpha value is -4.31. The highest BCUT2D eigenvalue weighted by Crippen LogP contribution is 2.39. The molecule has 2 N–H and O–H groups in total. The summed E-state index contributed by atoms with van der Waals surface area (Å²) in [6, 6.07) is 16.2. The number of nitrogens with zero attached hydrogens (tertiary/aromatic N) is 4. The second kappa shape index (κ2) is 13.2. The van der Waals surface area contributed by atoms with Crippen LogP contribution in [0.3, 0.4) is 0 Å². The maximum atomic E-state index is 13.0. The highest BCUT2D eigenvalue weighted by atomic mass is 35.5. The molecule has 0 spiro atoms. The molecule has 4 atom stereocenters. The van der Waals surface area contributed by atoms with Crippen LogP contribution < -0.4 is 0 Å². The van der Waals surface area contributed by atoms with Crippen LogP contribution in [0.1, 0.15) is 105 Å². The topological polar surface area (TPSA) is 116 Å². The first-order valence-corrected chi connectivity index (χ1v) is 17.5. The zero-order valence-corrected chi connectivity index (χ0v) is 30.4. The number of likely N-dealkylation sites (tertiary alicyclic amines) is 2. The van der Waals surface area contributed by atoms with Gasteiger partial charge in [-0.05, 0) is 97.8 Å². The van der Waals surface area contributed by atoms with E-state index in [4.69, 9.17) is 26.1 Å². The van der Waals surface area contributed by atoms with E-state index in [0.29, 0.717) is 16.7 Å². The molecule has 2 aromatic carbocycles. The summed E-state index contributed by atoms with van der Waals surface area (Å²) in [5.41, 5.74) is 4.42. The minimum atomic E-state index is -0.582. The van der Waals surface area contributed by atoms with Crippen LogP contribution >= 0.6 is 11.6 Å². The summed E-state index contributed by atoms with van der Waals surface area (Å²) in [5.74, 6) is 1.43. The second-order valence-corrected chi connectivity index (χ2v) is 15.7. The Morgan fingerprint density at radius 2 is 1.14 bits per heavy atom. The van der Waals surface area contributed by atoms with E-state index in [0.717, 1.165) is 59.5 Å². The summed E-state index contributed by atoms with van der Waals surface area (Å²) < 4.78 is 11.4. The Kier molecular flexibility index (Phi) is 9.30. The zero-order chi connectivity index (χ0) is 35.2. The molecule has 0 aliphatic carbocycles. The first-order chi connectivity index (χ1) is 23.1. The van der Waals surface area contributed by atoms with Crippen molar-refractivity contribution < 1.29 is 19.1 Å². The molecule has 2 aromatic heterocycles. The summed E-state index contributed by atoms with van der Waals surface area (Å²) in [5, 5.41) is 0.441. The molecular weight excluding hydrogens is 640 g/mol. The average Bonchev–Trinajstić information content (AvgIpc) is 3.81. The van der Waals surface area contributed by atoms with Gasteiger partial charge in [0, 0.05) is 17.6 Å². The van der Waals surface area contributed by atoms with Crippen molar-refractivity contribution in [1.29, 1.82) is 0 Å². The minimum absolute atomic E-state index is 0.0406. The van der Waals surface area contributed by atoms with Gasteiger partial charge in [0.05, 0.1) is 24.0 Å². The lowest BCUT2D eigenvalue weighted by Gasteiger charge is -2.30. The predicted octanol–water partition coefficient (Wildman–Crippen LogP) is 9.71. The van der Waals surface area contributed by atoms with Crippen molar-refractivity contribution >= 4 is 23.8 Å². The smallest absolute Gasteiger partial charge is 0.411 e. The maximum Gasteiger partial charge on any atom is 0.411 e. The van der Waals surface area contributed by atoms with Crippen LogP contribution in [0.25, 0.3) is 33.6 Å². The number of hydrogen-bond acceptors (Lipinski definition) is 6. The normalized spacial score (nSPS) is 21.3. The van der Waals surface area contributed by atoms with Crippen molar-refractivity contribution in [3.63, 3.8) is 0 Å². The fourth-order valence-corrected chi connectivity index (χ4v) is 7.03. The molecule has 0 radical (unpaired) electrons.